The van der Waals surface area contributed by atoms with Crippen molar-refractivity contribution in [3.8, 4) is 0 Å². The molecule has 0 radical (unpaired) electrons. The van der Waals surface area contributed by atoms with Gasteiger partial charge in [-0.15, -0.1) is 0 Å². The molecule has 3 N–H and O–H groups in total. The second-order valence-corrected chi connectivity index (χ2v) is 4.24. The highest BCUT2D eigenvalue weighted by atomic mass is 35.5. The van der Waals surface area contributed by atoms with Gasteiger partial charge < -0.3 is 11.1 Å². The summed E-state index contributed by atoms with van der Waals surface area (Å²) in [6, 6.07) is 4.20. The molecule has 0 atom stereocenters. The minimum absolute atomic E-state index is 0.294. The third kappa shape index (κ3) is 2.86. The summed E-state index contributed by atoms with van der Waals surface area (Å²) in [5.74, 6) is -0.315. The predicted octanol–water partition coefficient (Wildman–Crippen LogP) is 2.63. The van der Waals surface area contributed by atoms with Gasteiger partial charge in [-0.3, -0.25) is 0 Å². The summed E-state index contributed by atoms with van der Waals surface area (Å²) in [6.07, 6.45) is 0. The van der Waals surface area contributed by atoms with Crippen LogP contribution in [0.3, 0.4) is 0 Å². The number of benzene rings is 1. The van der Waals surface area contributed by atoms with Gasteiger partial charge in [0.05, 0.1) is 10.7 Å². The number of rotatable bonds is 3. The Kier molecular flexibility index (Phi) is 3.34. The lowest BCUT2D eigenvalue weighted by Gasteiger charge is -2.26. The molecular formula is C10H14ClFN2. The molecule has 0 amide bonds. The Morgan fingerprint density at radius 3 is 2.71 bits per heavy atom. The van der Waals surface area contributed by atoms with Crippen LogP contribution in [0, 0.1) is 5.82 Å². The second-order valence-electron chi connectivity index (χ2n) is 3.84. The lowest BCUT2D eigenvalue weighted by molar-refractivity contribution is 0.578. The summed E-state index contributed by atoms with van der Waals surface area (Å²) in [7, 11) is 0. The highest BCUT2D eigenvalue weighted by Crippen LogP contribution is 2.25. The molecule has 0 saturated heterocycles. The van der Waals surface area contributed by atoms with Crippen molar-refractivity contribution in [1.29, 1.82) is 0 Å². The average Bonchev–Trinajstić information content (AvgIpc) is 2.11. The van der Waals surface area contributed by atoms with Gasteiger partial charge in [0, 0.05) is 12.1 Å². The fourth-order valence-corrected chi connectivity index (χ4v) is 1.17. The maximum atomic E-state index is 12.9. The zero-order valence-corrected chi connectivity index (χ0v) is 9.03. The summed E-state index contributed by atoms with van der Waals surface area (Å²) in [5, 5.41) is 3.57. The van der Waals surface area contributed by atoms with E-state index in [-0.39, 0.29) is 11.4 Å². The Labute approximate surface area is 88.2 Å². The van der Waals surface area contributed by atoms with E-state index >= 15 is 0 Å². The van der Waals surface area contributed by atoms with E-state index in [2.05, 4.69) is 5.32 Å². The topological polar surface area (TPSA) is 38.0 Å². The van der Waals surface area contributed by atoms with E-state index in [0.717, 1.165) is 0 Å². The van der Waals surface area contributed by atoms with E-state index in [4.69, 9.17) is 17.3 Å². The Bertz CT molecular complexity index is 326. The van der Waals surface area contributed by atoms with Crippen LogP contribution in [0.25, 0.3) is 0 Å². The first-order valence-corrected chi connectivity index (χ1v) is 4.76. The highest BCUT2D eigenvalue weighted by Gasteiger charge is 2.16. The minimum Gasteiger partial charge on any atom is -0.378 e. The van der Waals surface area contributed by atoms with Crippen molar-refractivity contribution in [2.45, 2.75) is 19.4 Å². The molecule has 0 unspecified atom stereocenters. The molecule has 0 spiro atoms. The van der Waals surface area contributed by atoms with Gasteiger partial charge in [-0.1, -0.05) is 11.6 Å². The largest absolute Gasteiger partial charge is 0.378 e. The molecule has 1 rings (SSSR count). The zero-order chi connectivity index (χ0) is 10.8. The molecule has 1 aromatic carbocycles. The number of anilines is 1. The summed E-state index contributed by atoms with van der Waals surface area (Å²) < 4.78 is 12.9. The van der Waals surface area contributed by atoms with E-state index in [9.17, 15) is 4.39 Å². The Morgan fingerprint density at radius 1 is 1.50 bits per heavy atom. The molecular weight excluding hydrogens is 203 g/mol. The first-order valence-electron chi connectivity index (χ1n) is 4.38. The molecule has 0 heterocycles. The summed E-state index contributed by atoms with van der Waals surface area (Å²) >= 11 is 5.89. The van der Waals surface area contributed by atoms with Gasteiger partial charge in [0.25, 0.3) is 0 Å². The number of nitrogens with one attached hydrogen (secondary N) is 1. The van der Waals surface area contributed by atoms with Crippen molar-refractivity contribution in [3.63, 3.8) is 0 Å². The molecule has 0 aliphatic carbocycles. The molecule has 0 fully saturated rings. The smallest absolute Gasteiger partial charge is 0.125 e. The fraction of sp³-hybridized carbons (Fsp3) is 0.400. The van der Waals surface area contributed by atoms with Crippen LogP contribution in [0.1, 0.15) is 13.8 Å². The van der Waals surface area contributed by atoms with Gasteiger partial charge in [-0.05, 0) is 32.0 Å². The Hall–Kier alpha value is -0.800. The predicted molar refractivity (Wildman–Crippen MR) is 58.2 cm³/mol. The highest BCUT2D eigenvalue weighted by molar-refractivity contribution is 6.33. The monoisotopic (exact) mass is 216 g/mol. The second kappa shape index (κ2) is 4.15. The third-order valence-electron chi connectivity index (χ3n) is 1.91. The van der Waals surface area contributed by atoms with Crippen molar-refractivity contribution >= 4 is 17.3 Å². The fourth-order valence-electron chi connectivity index (χ4n) is 1.01. The van der Waals surface area contributed by atoms with Gasteiger partial charge in [-0.2, -0.15) is 0 Å². The first-order chi connectivity index (χ1) is 6.44. The molecule has 0 bridgehead atoms. The maximum absolute atomic E-state index is 12.9. The van der Waals surface area contributed by atoms with E-state index in [1.165, 1.54) is 18.2 Å². The standard InChI is InChI=1S/C10H14ClFN2/c1-10(2,6-13)14-9-5-7(12)3-4-8(9)11/h3-5,14H,6,13H2,1-2H3. The van der Waals surface area contributed by atoms with Gasteiger partial charge in [0.15, 0.2) is 0 Å². The van der Waals surface area contributed by atoms with Crippen LogP contribution < -0.4 is 11.1 Å². The number of hydrogen-bond acceptors (Lipinski definition) is 2. The van der Waals surface area contributed by atoms with Crippen LogP contribution in [-0.4, -0.2) is 12.1 Å². The van der Waals surface area contributed by atoms with Crippen molar-refractivity contribution in [1.82, 2.24) is 0 Å². The summed E-state index contributed by atoms with van der Waals surface area (Å²) in [6.45, 7) is 4.29. The normalized spacial score (nSPS) is 11.5. The molecule has 2 nitrogen and oxygen atoms in total. The zero-order valence-electron chi connectivity index (χ0n) is 8.27. The summed E-state index contributed by atoms with van der Waals surface area (Å²) in [5.41, 5.74) is 5.82. The number of nitrogens with two attached hydrogens (primary N) is 1. The quantitative estimate of drug-likeness (QED) is 0.815. The summed E-state index contributed by atoms with van der Waals surface area (Å²) in [4.78, 5) is 0. The van der Waals surface area contributed by atoms with Crippen LogP contribution in [0.5, 0.6) is 0 Å². The van der Waals surface area contributed by atoms with Crippen molar-refractivity contribution in [2.24, 2.45) is 5.73 Å². The first kappa shape index (κ1) is 11.3. The van der Waals surface area contributed by atoms with Crippen LogP contribution in [0.2, 0.25) is 5.02 Å². The van der Waals surface area contributed by atoms with Crippen LogP contribution >= 0.6 is 11.6 Å². The molecule has 0 saturated carbocycles. The van der Waals surface area contributed by atoms with E-state index in [1.54, 1.807) is 0 Å². The van der Waals surface area contributed by atoms with Gasteiger partial charge in [0.1, 0.15) is 5.82 Å². The van der Waals surface area contributed by atoms with Gasteiger partial charge in [-0.25, -0.2) is 4.39 Å². The third-order valence-corrected chi connectivity index (χ3v) is 2.24. The molecule has 78 valence electrons. The molecule has 0 aliphatic rings. The van der Waals surface area contributed by atoms with E-state index in [0.29, 0.717) is 17.3 Å². The minimum atomic E-state index is -0.315. The average molecular weight is 217 g/mol. The van der Waals surface area contributed by atoms with E-state index < -0.39 is 0 Å². The molecule has 0 aliphatic heterocycles. The Morgan fingerprint density at radius 2 is 2.14 bits per heavy atom. The number of halogens is 2. The van der Waals surface area contributed by atoms with Crippen LogP contribution in [0.4, 0.5) is 10.1 Å². The van der Waals surface area contributed by atoms with Crippen molar-refractivity contribution in [3.05, 3.63) is 29.0 Å². The van der Waals surface area contributed by atoms with Crippen LogP contribution in [-0.2, 0) is 0 Å². The van der Waals surface area contributed by atoms with Gasteiger partial charge >= 0.3 is 0 Å². The van der Waals surface area contributed by atoms with Crippen molar-refractivity contribution < 1.29 is 4.39 Å². The lowest BCUT2D eigenvalue weighted by atomic mass is 10.1. The lowest BCUT2D eigenvalue weighted by Crippen LogP contribution is -2.39. The van der Waals surface area contributed by atoms with Gasteiger partial charge in [0.2, 0.25) is 0 Å². The van der Waals surface area contributed by atoms with E-state index in [1.807, 2.05) is 13.8 Å². The molecule has 1 aromatic rings. The number of hydrogen-bond donors (Lipinski definition) is 2. The van der Waals surface area contributed by atoms with Crippen LogP contribution in [0.15, 0.2) is 18.2 Å². The SMILES string of the molecule is CC(C)(CN)Nc1cc(F)ccc1Cl. The van der Waals surface area contributed by atoms with Crippen molar-refractivity contribution in [2.75, 3.05) is 11.9 Å². The molecule has 4 heteroatoms. The molecule has 14 heavy (non-hydrogen) atoms. The maximum Gasteiger partial charge on any atom is 0.125 e. The molecule has 0 aromatic heterocycles. The Balaban J connectivity index is 2.91.